The normalized spacial score (nSPS) is 18.2. The highest BCUT2D eigenvalue weighted by atomic mass is 32.2. The number of thioether (sulfide) groups is 1. The molecular weight excluding hydrogens is 476 g/mol. The van der Waals surface area contributed by atoms with Crippen LogP contribution in [-0.2, 0) is 4.79 Å². The maximum atomic E-state index is 13.4. The molecule has 0 saturated carbocycles. The number of allylic oxidation sites excluding steroid dienone is 2. The van der Waals surface area contributed by atoms with E-state index in [2.05, 4.69) is 24.1 Å². The summed E-state index contributed by atoms with van der Waals surface area (Å²) in [7, 11) is 3.21. The fourth-order valence-electron chi connectivity index (χ4n) is 4.82. The van der Waals surface area contributed by atoms with Gasteiger partial charge in [-0.3, -0.25) is 9.59 Å². The molecule has 1 aromatic heterocycles. The lowest BCUT2D eigenvalue weighted by molar-refractivity contribution is -0.118. The summed E-state index contributed by atoms with van der Waals surface area (Å²) in [6.45, 7) is 4.19. The van der Waals surface area contributed by atoms with Gasteiger partial charge in [0, 0.05) is 28.8 Å². The van der Waals surface area contributed by atoms with Crippen LogP contribution in [0.4, 0.5) is 5.95 Å². The van der Waals surface area contributed by atoms with E-state index in [-0.39, 0.29) is 22.7 Å². The molecule has 0 spiro atoms. The second-order valence-corrected chi connectivity index (χ2v) is 10.6. The molecule has 1 aliphatic carbocycles. The number of Topliss-reactive ketones (excluding diaryl/α,β-unsaturated/α-hetero) is 2. The molecule has 0 fully saturated rings. The van der Waals surface area contributed by atoms with Crippen LogP contribution in [0.1, 0.15) is 48.7 Å². The number of methoxy groups -OCH3 is 2. The number of nitrogens with zero attached hydrogens (tertiary/aromatic N) is 3. The number of anilines is 1. The molecule has 0 amide bonds. The van der Waals surface area contributed by atoms with E-state index in [1.54, 1.807) is 43.2 Å². The van der Waals surface area contributed by atoms with Gasteiger partial charge in [-0.2, -0.15) is 4.98 Å². The number of hydrogen-bond acceptors (Lipinski definition) is 8. The topological polar surface area (TPSA) is 95.3 Å². The van der Waals surface area contributed by atoms with Crippen LogP contribution < -0.4 is 14.8 Å². The maximum absolute atomic E-state index is 13.4. The molecule has 1 N–H and O–H groups in total. The van der Waals surface area contributed by atoms with E-state index in [1.807, 2.05) is 24.3 Å². The lowest BCUT2D eigenvalue weighted by Crippen LogP contribution is -2.36. The summed E-state index contributed by atoms with van der Waals surface area (Å²) in [5, 5.41) is 8.56. The lowest BCUT2D eigenvalue weighted by atomic mass is 9.73. The molecular formula is C27H28N4O4S. The minimum absolute atomic E-state index is 0.0287. The highest BCUT2D eigenvalue weighted by molar-refractivity contribution is 7.99. The number of hydrogen-bond donors (Lipinski definition) is 1. The number of rotatable bonds is 7. The summed E-state index contributed by atoms with van der Waals surface area (Å²) in [6, 6.07) is 14.2. The Bertz CT molecular complexity index is 1360. The summed E-state index contributed by atoms with van der Waals surface area (Å²) >= 11 is 1.27. The highest BCUT2D eigenvalue weighted by Gasteiger charge is 2.42. The van der Waals surface area contributed by atoms with Gasteiger partial charge in [0.1, 0.15) is 17.5 Å². The number of carbonyl (C=O) groups excluding carboxylic acids is 2. The van der Waals surface area contributed by atoms with Crippen molar-refractivity contribution >= 4 is 29.3 Å². The smallest absolute Gasteiger partial charge is 0.227 e. The summed E-state index contributed by atoms with van der Waals surface area (Å²) in [6.07, 6.45) is 1.19. The molecule has 0 saturated heterocycles. The molecule has 0 bridgehead atoms. The molecule has 186 valence electrons. The number of fused-ring (bicyclic) bond motifs is 1. The van der Waals surface area contributed by atoms with Gasteiger partial charge in [0.25, 0.3) is 0 Å². The van der Waals surface area contributed by atoms with Crippen molar-refractivity contribution in [2.24, 2.45) is 5.41 Å². The van der Waals surface area contributed by atoms with E-state index in [1.165, 1.54) is 11.8 Å². The average molecular weight is 505 g/mol. The van der Waals surface area contributed by atoms with Crippen molar-refractivity contribution in [1.82, 2.24) is 14.8 Å². The predicted octanol–water partition coefficient (Wildman–Crippen LogP) is 4.93. The first kappa shape index (κ1) is 24.1. The summed E-state index contributed by atoms with van der Waals surface area (Å²) < 4.78 is 12.6. The molecule has 1 atom stereocenters. The first-order valence-corrected chi connectivity index (χ1v) is 12.7. The number of nitrogens with one attached hydrogen (secondary N) is 1. The molecule has 36 heavy (non-hydrogen) atoms. The quantitative estimate of drug-likeness (QED) is 0.358. The largest absolute Gasteiger partial charge is 0.497 e. The second-order valence-electron chi connectivity index (χ2n) is 9.71. The van der Waals surface area contributed by atoms with Crippen molar-refractivity contribution in [2.45, 2.75) is 37.9 Å². The fraction of sp³-hybridized carbons (Fsp3) is 0.333. The summed E-state index contributed by atoms with van der Waals surface area (Å²) in [4.78, 5) is 30.8. The number of ketones is 2. The molecule has 8 nitrogen and oxygen atoms in total. The van der Waals surface area contributed by atoms with Crippen LogP contribution in [0.15, 0.2) is 65.0 Å². The Balaban J connectivity index is 1.47. The van der Waals surface area contributed by atoms with Crippen LogP contribution >= 0.6 is 11.8 Å². The Morgan fingerprint density at radius 3 is 2.58 bits per heavy atom. The van der Waals surface area contributed by atoms with E-state index in [0.29, 0.717) is 40.2 Å². The molecule has 0 radical (unpaired) electrons. The van der Waals surface area contributed by atoms with Gasteiger partial charge in [-0.15, -0.1) is 5.10 Å². The monoisotopic (exact) mass is 504 g/mol. The van der Waals surface area contributed by atoms with Gasteiger partial charge in [0.2, 0.25) is 11.1 Å². The Morgan fingerprint density at radius 2 is 1.86 bits per heavy atom. The maximum Gasteiger partial charge on any atom is 0.227 e. The lowest BCUT2D eigenvalue weighted by Gasteiger charge is -2.38. The Labute approximate surface area is 214 Å². The molecule has 5 rings (SSSR count). The van der Waals surface area contributed by atoms with Crippen molar-refractivity contribution in [3.8, 4) is 11.5 Å². The number of carbonyl (C=O) groups is 2. The van der Waals surface area contributed by atoms with Crippen molar-refractivity contribution in [2.75, 3.05) is 25.3 Å². The number of aromatic nitrogens is 3. The summed E-state index contributed by atoms with van der Waals surface area (Å²) in [5.74, 6) is 2.18. The highest BCUT2D eigenvalue weighted by Crippen LogP contribution is 2.47. The van der Waals surface area contributed by atoms with E-state index in [4.69, 9.17) is 14.6 Å². The van der Waals surface area contributed by atoms with Crippen LogP contribution in [0, 0.1) is 5.41 Å². The third-order valence-electron chi connectivity index (χ3n) is 6.49. The standard InChI is InChI=1S/C27H28N4O4S/c1-27(2)13-19-23(20(32)14-27)24(18-7-5-6-8-22(18)35-4)31-25(28-19)29-26(30-31)36-15-21(33)16-9-11-17(34-3)12-10-16/h5-12,24H,13-15H2,1-4H3,(H,28,29,30)/t24-/m1/s1. The molecule has 9 heteroatoms. The molecule has 2 aliphatic rings. The van der Waals surface area contributed by atoms with Gasteiger partial charge in [-0.1, -0.05) is 43.8 Å². The van der Waals surface area contributed by atoms with E-state index in [9.17, 15) is 9.59 Å². The van der Waals surface area contributed by atoms with Crippen molar-refractivity contribution in [3.63, 3.8) is 0 Å². The van der Waals surface area contributed by atoms with Gasteiger partial charge in [-0.05, 0) is 42.2 Å². The van der Waals surface area contributed by atoms with Crippen molar-refractivity contribution < 1.29 is 19.1 Å². The zero-order valence-corrected chi connectivity index (χ0v) is 21.5. The summed E-state index contributed by atoms with van der Waals surface area (Å²) in [5.41, 5.74) is 2.86. The Kier molecular flexibility index (Phi) is 6.34. The van der Waals surface area contributed by atoms with Crippen LogP contribution in [0.2, 0.25) is 0 Å². The molecule has 0 unspecified atom stereocenters. The fourth-order valence-corrected chi connectivity index (χ4v) is 5.54. The Morgan fingerprint density at radius 1 is 1.11 bits per heavy atom. The van der Waals surface area contributed by atoms with Gasteiger partial charge < -0.3 is 14.8 Å². The minimum atomic E-state index is -0.463. The van der Waals surface area contributed by atoms with E-state index >= 15 is 0 Å². The second kappa shape index (κ2) is 9.46. The van der Waals surface area contributed by atoms with Crippen LogP contribution in [0.3, 0.4) is 0 Å². The number of para-hydroxylation sites is 1. The third-order valence-corrected chi connectivity index (χ3v) is 7.33. The van der Waals surface area contributed by atoms with Crippen LogP contribution in [0.5, 0.6) is 11.5 Å². The van der Waals surface area contributed by atoms with E-state index < -0.39 is 6.04 Å². The third kappa shape index (κ3) is 4.51. The molecule has 2 heterocycles. The Hall–Kier alpha value is -3.59. The van der Waals surface area contributed by atoms with Gasteiger partial charge in [0.15, 0.2) is 11.6 Å². The first-order valence-electron chi connectivity index (χ1n) is 11.7. The number of ether oxygens (including phenoxy) is 2. The first-order chi connectivity index (χ1) is 17.3. The van der Waals surface area contributed by atoms with Gasteiger partial charge >= 0.3 is 0 Å². The zero-order chi connectivity index (χ0) is 25.4. The SMILES string of the molecule is COc1ccc(C(=O)CSc2nc3n(n2)[C@H](c2ccccc2OC)C2=C(CC(C)(C)CC2=O)N3)cc1. The van der Waals surface area contributed by atoms with Crippen molar-refractivity contribution in [1.29, 1.82) is 0 Å². The number of benzene rings is 2. The van der Waals surface area contributed by atoms with Crippen LogP contribution in [-0.4, -0.2) is 46.3 Å². The predicted molar refractivity (Wildman–Crippen MR) is 138 cm³/mol. The van der Waals surface area contributed by atoms with Gasteiger partial charge in [0.05, 0.1) is 20.0 Å². The van der Waals surface area contributed by atoms with Crippen LogP contribution in [0.25, 0.3) is 0 Å². The molecule has 3 aromatic rings. The molecule has 1 aliphatic heterocycles. The zero-order valence-electron chi connectivity index (χ0n) is 20.7. The molecule has 2 aromatic carbocycles. The average Bonchev–Trinajstić information content (AvgIpc) is 3.27. The van der Waals surface area contributed by atoms with Crippen molar-refractivity contribution in [3.05, 3.63) is 70.9 Å². The van der Waals surface area contributed by atoms with Gasteiger partial charge in [-0.25, -0.2) is 4.68 Å². The van der Waals surface area contributed by atoms with E-state index in [0.717, 1.165) is 17.7 Å². The minimum Gasteiger partial charge on any atom is -0.497 e.